The summed E-state index contributed by atoms with van der Waals surface area (Å²) in [5.41, 5.74) is 0.612. The van der Waals surface area contributed by atoms with E-state index in [0.29, 0.717) is 36.1 Å². The maximum atomic E-state index is 12.7. The number of ether oxygens (including phenoxy) is 2. The van der Waals surface area contributed by atoms with Gasteiger partial charge in [-0.15, -0.1) is 0 Å². The molecule has 2 aromatic carbocycles. The van der Waals surface area contributed by atoms with E-state index in [-0.39, 0.29) is 4.90 Å². The summed E-state index contributed by atoms with van der Waals surface area (Å²) in [5, 5.41) is 0.864. The first-order valence-electron chi connectivity index (χ1n) is 8.85. The van der Waals surface area contributed by atoms with Gasteiger partial charge in [0, 0.05) is 5.39 Å². The second-order valence-corrected chi connectivity index (χ2v) is 7.72. The molecule has 0 saturated heterocycles. The lowest BCUT2D eigenvalue weighted by Crippen LogP contribution is -2.26. The van der Waals surface area contributed by atoms with E-state index in [9.17, 15) is 8.42 Å². The van der Waals surface area contributed by atoms with Crippen molar-refractivity contribution < 1.29 is 22.3 Å². The van der Waals surface area contributed by atoms with Crippen LogP contribution in [0, 0.1) is 0 Å². The minimum atomic E-state index is -3.69. The van der Waals surface area contributed by atoms with Crippen molar-refractivity contribution in [1.82, 2.24) is 4.72 Å². The summed E-state index contributed by atoms with van der Waals surface area (Å²) in [6.07, 6.45) is 0. The maximum Gasteiger partial charge on any atom is 0.241 e. The van der Waals surface area contributed by atoms with Gasteiger partial charge in [0.05, 0.1) is 24.2 Å². The Balaban J connectivity index is 1.82. The summed E-state index contributed by atoms with van der Waals surface area (Å²) in [5.74, 6) is 1.79. The van der Waals surface area contributed by atoms with E-state index in [2.05, 4.69) is 4.72 Å². The van der Waals surface area contributed by atoms with E-state index < -0.39 is 16.1 Å². The Labute approximate surface area is 159 Å². The van der Waals surface area contributed by atoms with Crippen molar-refractivity contribution in [2.75, 3.05) is 13.2 Å². The fourth-order valence-electron chi connectivity index (χ4n) is 2.78. The first kappa shape index (κ1) is 19.3. The van der Waals surface area contributed by atoms with Crippen LogP contribution in [-0.2, 0) is 10.0 Å². The topological polar surface area (TPSA) is 77.8 Å². The predicted octanol–water partition coefficient (Wildman–Crippen LogP) is 4.27. The summed E-state index contributed by atoms with van der Waals surface area (Å²) in [7, 11) is -3.69. The molecule has 6 nitrogen and oxygen atoms in total. The minimum Gasteiger partial charge on any atom is -0.494 e. The summed E-state index contributed by atoms with van der Waals surface area (Å²) in [6.45, 7) is 6.56. The molecule has 1 N–H and O–H groups in total. The third kappa shape index (κ3) is 4.26. The van der Waals surface area contributed by atoms with E-state index in [0.717, 1.165) is 5.39 Å². The standard InChI is InChI=1S/C20H23NO5S/c1-4-24-16-9-11-17(12-10-16)27(22,23)21-14(3)19-13-15-7-6-8-18(25-5-2)20(15)26-19/h6-14,21H,4-5H2,1-3H3. The van der Waals surface area contributed by atoms with E-state index in [4.69, 9.17) is 13.9 Å². The Morgan fingerprint density at radius 3 is 2.41 bits per heavy atom. The number of hydrogen-bond acceptors (Lipinski definition) is 5. The van der Waals surface area contributed by atoms with Crippen molar-refractivity contribution in [1.29, 1.82) is 0 Å². The second-order valence-electron chi connectivity index (χ2n) is 6.00. The molecule has 1 unspecified atom stereocenters. The average molecular weight is 389 g/mol. The van der Waals surface area contributed by atoms with E-state index in [1.165, 1.54) is 12.1 Å². The average Bonchev–Trinajstić information content (AvgIpc) is 3.08. The molecule has 7 heteroatoms. The fourth-order valence-corrected chi connectivity index (χ4v) is 3.99. The van der Waals surface area contributed by atoms with Gasteiger partial charge >= 0.3 is 0 Å². The second kappa shape index (κ2) is 8.02. The van der Waals surface area contributed by atoms with Crippen LogP contribution >= 0.6 is 0 Å². The van der Waals surface area contributed by atoms with Crippen LogP contribution in [0.3, 0.4) is 0 Å². The number of sulfonamides is 1. The predicted molar refractivity (Wildman–Crippen MR) is 104 cm³/mol. The molecule has 27 heavy (non-hydrogen) atoms. The van der Waals surface area contributed by atoms with Crippen LogP contribution in [0.4, 0.5) is 0 Å². The van der Waals surface area contributed by atoms with Crippen molar-refractivity contribution in [2.45, 2.75) is 31.7 Å². The van der Waals surface area contributed by atoms with Crippen molar-refractivity contribution in [3.8, 4) is 11.5 Å². The molecule has 1 atom stereocenters. The van der Waals surface area contributed by atoms with E-state index >= 15 is 0 Å². The summed E-state index contributed by atoms with van der Waals surface area (Å²) in [6, 6.07) is 13.2. The monoisotopic (exact) mass is 389 g/mol. The molecule has 1 aromatic heterocycles. The van der Waals surface area contributed by atoms with E-state index in [1.807, 2.05) is 38.1 Å². The van der Waals surface area contributed by atoms with Crippen LogP contribution in [0.1, 0.15) is 32.6 Å². The van der Waals surface area contributed by atoms with Gasteiger partial charge in [-0.05, 0) is 57.2 Å². The van der Waals surface area contributed by atoms with Gasteiger partial charge in [-0.2, -0.15) is 0 Å². The van der Waals surface area contributed by atoms with Gasteiger partial charge in [-0.1, -0.05) is 12.1 Å². The normalized spacial score (nSPS) is 12.9. The van der Waals surface area contributed by atoms with E-state index in [1.54, 1.807) is 19.1 Å². The Bertz CT molecular complexity index is 1010. The van der Waals surface area contributed by atoms with Gasteiger partial charge in [0.15, 0.2) is 11.3 Å². The molecule has 0 bridgehead atoms. The van der Waals surface area contributed by atoms with Crippen LogP contribution in [0.5, 0.6) is 11.5 Å². The first-order valence-corrected chi connectivity index (χ1v) is 10.3. The molecule has 1 heterocycles. The van der Waals surface area contributed by atoms with Crippen molar-refractivity contribution >= 4 is 21.0 Å². The largest absolute Gasteiger partial charge is 0.494 e. The molecule has 0 aliphatic heterocycles. The molecular weight excluding hydrogens is 366 g/mol. The molecule has 3 aromatic rings. The summed E-state index contributed by atoms with van der Waals surface area (Å²) >= 11 is 0. The van der Waals surface area contributed by atoms with Crippen molar-refractivity contribution in [3.63, 3.8) is 0 Å². The van der Waals surface area contributed by atoms with Gasteiger partial charge in [-0.3, -0.25) is 0 Å². The summed E-state index contributed by atoms with van der Waals surface area (Å²) < 4.78 is 44.7. The first-order chi connectivity index (χ1) is 12.9. The number of para-hydroxylation sites is 1. The van der Waals surface area contributed by atoms with Crippen LogP contribution in [0.2, 0.25) is 0 Å². The third-order valence-electron chi connectivity index (χ3n) is 4.03. The summed E-state index contributed by atoms with van der Waals surface area (Å²) in [4.78, 5) is 0.170. The third-order valence-corrected chi connectivity index (χ3v) is 5.59. The molecular formula is C20H23NO5S. The highest BCUT2D eigenvalue weighted by Gasteiger charge is 2.21. The lowest BCUT2D eigenvalue weighted by molar-refractivity contribution is 0.336. The Morgan fingerprint density at radius 2 is 1.74 bits per heavy atom. The van der Waals surface area contributed by atoms with Crippen molar-refractivity contribution in [3.05, 3.63) is 54.3 Å². The zero-order valence-corrected chi connectivity index (χ0v) is 16.4. The number of furan rings is 1. The molecule has 0 radical (unpaired) electrons. The van der Waals surface area contributed by atoms with Gasteiger partial charge in [0.25, 0.3) is 0 Å². The number of benzene rings is 2. The molecule has 0 spiro atoms. The quantitative estimate of drug-likeness (QED) is 0.622. The SMILES string of the molecule is CCOc1ccc(S(=O)(=O)NC(C)c2cc3cccc(OCC)c3o2)cc1. The molecule has 144 valence electrons. The lowest BCUT2D eigenvalue weighted by atomic mass is 10.2. The van der Waals surface area contributed by atoms with Gasteiger partial charge in [0.2, 0.25) is 10.0 Å². The molecule has 0 fully saturated rings. The Hall–Kier alpha value is -2.51. The molecule has 3 rings (SSSR count). The highest BCUT2D eigenvalue weighted by Crippen LogP contribution is 2.31. The number of hydrogen-bond donors (Lipinski definition) is 1. The lowest BCUT2D eigenvalue weighted by Gasteiger charge is -2.12. The fraction of sp³-hybridized carbons (Fsp3) is 0.300. The minimum absolute atomic E-state index is 0.170. The van der Waals surface area contributed by atoms with Gasteiger partial charge in [-0.25, -0.2) is 13.1 Å². The van der Waals surface area contributed by atoms with Gasteiger partial charge in [0.1, 0.15) is 11.5 Å². The Kier molecular flexibility index (Phi) is 5.72. The molecule has 0 aliphatic rings. The molecule has 0 saturated carbocycles. The van der Waals surface area contributed by atoms with Crippen LogP contribution < -0.4 is 14.2 Å². The van der Waals surface area contributed by atoms with Crippen LogP contribution in [-0.4, -0.2) is 21.6 Å². The Morgan fingerprint density at radius 1 is 1.04 bits per heavy atom. The van der Waals surface area contributed by atoms with Crippen LogP contribution in [0.25, 0.3) is 11.0 Å². The highest BCUT2D eigenvalue weighted by molar-refractivity contribution is 7.89. The zero-order chi connectivity index (χ0) is 19.4. The highest BCUT2D eigenvalue weighted by atomic mass is 32.2. The molecule has 0 amide bonds. The maximum absolute atomic E-state index is 12.7. The van der Waals surface area contributed by atoms with Gasteiger partial charge < -0.3 is 13.9 Å². The smallest absolute Gasteiger partial charge is 0.241 e. The zero-order valence-electron chi connectivity index (χ0n) is 15.6. The number of fused-ring (bicyclic) bond motifs is 1. The number of nitrogens with one attached hydrogen (secondary N) is 1. The van der Waals surface area contributed by atoms with Crippen molar-refractivity contribution in [2.24, 2.45) is 0 Å². The van der Waals surface area contributed by atoms with Crippen LogP contribution in [0.15, 0.2) is 57.8 Å². The number of rotatable bonds is 8. The molecule has 0 aliphatic carbocycles.